The van der Waals surface area contributed by atoms with E-state index < -0.39 is 0 Å². The topological polar surface area (TPSA) is 73.1 Å². The van der Waals surface area contributed by atoms with Crippen molar-refractivity contribution in [3.8, 4) is 28.5 Å². The number of halogens is 2. The maximum absolute atomic E-state index is 6.35. The number of H-pyrrole nitrogens is 1. The predicted molar refractivity (Wildman–Crippen MR) is 133 cm³/mol. The van der Waals surface area contributed by atoms with E-state index >= 15 is 0 Å². The molecule has 0 saturated carbocycles. The molecular formula is C23H20Cl2N4O3S. The molecule has 4 aromatic rings. The number of ether oxygens (including phenoxy) is 3. The molecule has 7 nitrogen and oxygen atoms in total. The van der Waals surface area contributed by atoms with Crippen molar-refractivity contribution >= 4 is 46.4 Å². The van der Waals surface area contributed by atoms with E-state index in [2.05, 4.69) is 10.1 Å². The van der Waals surface area contributed by atoms with Gasteiger partial charge >= 0.3 is 0 Å². The Morgan fingerprint density at radius 1 is 1.00 bits per heavy atom. The van der Waals surface area contributed by atoms with Gasteiger partial charge in [-0.2, -0.15) is 5.10 Å². The number of nitrogens with one attached hydrogen (secondary N) is 1. The Kier molecular flexibility index (Phi) is 7.08. The summed E-state index contributed by atoms with van der Waals surface area (Å²) in [6, 6.07) is 12.7. The molecule has 10 heteroatoms. The predicted octanol–water partition coefficient (Wildman–Crippen LogP) is 5.99. The summed E-state index contributed by atoms with van der Waals surface area (Å²) in [7, 11) is 4.73. The molecule has 1 N–H and O–H groups in total. The van der Waals surface area contributed by atoms with Crippen LogP contribution in [0.3, 0.4) is 0 Å². The molecule has 0 amide bonds. The normalized spacial score (nSPS) is 11.8. The molecule has 0 radical (unpaired) electrons. The maximum atomic E-state index is 6.35. The van der Waals surface area contributed by atoms with Crippen LogP contribution in [0.5, 0.6) is 17.2 Å². The Morgan fingerprint density at radius 3 is 2.36 bits per heavy atom. The standard InChI is InChI=1S/C23H20Cl2N4O3S/c1-30-20-9-14(10-21(31-2)22(20)32-3)19-13-33-23(28-18-7-6-15(24)11-17(18)25)29(19)27-12-16-5-4-8-26-16/h4-13,26H,1-3H3. The van der Waals surface area contributed by atoms with Gasteiger partial charge in [0.1, 0.15) is 0 Å². The molecule has 0 spiro atoms. The van der Waals surface area contributed by atoms with Crippen LogP contribution < -0.4 is 19.0 Å². The highest BCUT2D eigenvalue weighted by molar-refractivity contribution is 7.07. The highest BCUT2D eigenvalue weighted by atomic mass is 35.5. The zero-order valence-corrected chi connectivity index (χ0v) is 20.3. The fourth-order valence-corrected chi connectivity index (χ4v) is 4.44. The molecule has 0 unspecified atom stereocenters. The smallest absolute Gasteiger partial charge is 0.211 e. The number of hydrogen-bond acceptors (Lipinski definition) is 6. The number of aromatic amines is 1. The fraction of sp³-hybridized carbons (Fsp3) is 0.130. The van der Waals surface area contributed by atoms with Crippen LogP contribution in [0.15, 0.2) is 64.1 Å². The number of aromatic nitrogens is 2. The van der Waals surface area contributed by atoms with Crippen LogP contribution >= 0.6 is 34.5 Å². The quantitative estimate of drug-likeness (QED) is 0.315. The van der Waals surface area contributed by atoms with Crippen LogP contribution in [0.1, 0.15) is 5.69 Å². The van der Waals surface area contributed by atoms with Crippen LogP contribution in [0, 0.1) is 0 Å². The molecule has 0 aliphatic rings. The van der Waals surface area contributed by atoms with E-state index in [1.54, 1.807) is 50.4 Å². The molecule has 4 rings (SSSR count). The summed E-state index contributed by atoms with van der Waals surface area (Å²) in [5.74, 6) is 1.59. The third-order valence-electron chi connectivity index (χ3n) is 4.71. The van der Waals surface area contributed by atoms with Crippen molar-refractivity contribution in [3.63, 3.8) is 0 Å². The molecule has 0 fully saturated rings. The summed E-state index contributed by atoms with van der Waals surface area (Å²) in [4.78, 5) is 8.46. The van der Waals surface area contributed by atoms with Gasteiger partial charge in [-0.3, -0.25) is 0 Å². The lowest BCUT2D eigenvalue weighted by Crippen LogP contribution is -2.11. The van der Waals surface area contributed by atoms with Gasteiger partial charge in [0, 0.05) is 22.2 Å². The molecule has 2 heterocycles. The van der Waals surface area contributed by atoms with Gasteiger partial charge in [0.15, 0.2) is 11.5 Å². The van der Waals surface area contributed by atoms with Gasteiger partial charge in [-0.1, -0.05) is 23.2 Å². The number of methoxy groups -OCH3 is 3. The van der Waals surface area contributed by atoms with E-state index in [-0.39, 0.29) is 0 Å². The largest absolute Gasteiger partial charge is 0.493 e. The van der Waals surface area contributed by atoms with Gasteiger partial charge in [0.05, 0.1) is 49.6 Å². The van der Waals surface area contributed by atoms with Crippen LogP contribution in [0.2, 0.25) is 10.0 Å². The van der Waals surface area contributed by atoms with Crippen molar-refractivity contribution in [2.45, 2.75) is 0 Å². The van der Waals surface area contributed by atoms with Gasteiger partial charge in [-0.25, -0.2) is 9.67 Å². The van der Waals surface area contributed by atoms with Crippen LogP contribution in [0.4, 0.5) is 5.69 Å². The molecule has 0 bridgehead atoms. The first-order chi connectivity index (χ1) is 16.0. The summed E-state index contributed by atoms with van der Waals surface area (Å²) >= 11 is 13.8. The van der Waals surface area contributed by atoms with Crippen LogP contribution in [-0.4, -0.2) is 37.2 Å². The molecule has 0 atom stereocenters. The van der Waals surface area contributed by atoms with Crippen molar-refractivity contribution < 1.29 is 14.2 Å². The van der Waals surface area contributed by atoms with Crippen molar-refractivity contribution in [1.29, 1.82) is 0 Å². The third-order valence-corrected chi connectivity index (χ3v) is 6.06. The average molecular weight is 503 g/mol. The van der Waals surface area contributed by atoms with Crippen molar-refractivity contribution in [3.05, 3.63) is 74.6 Å². The minimum atomic E-state index is 0.449. The first-order valence-corrected chi connectivity index (χ1v) is 11.4. The molecular weight excluding hydrogens is 483 g/mol. The monoisotopic (exact) mass is 502 g/mol. The summed E-state index contributed by atoms with van der Waals surface area (Å²) in [6.07, 6.45) is 3.55. The summed E-state index contributed by atoms with van der Waals surface area (Å²) < 4.78 is 18.2. The van der Waals surface area contributed by atoms with E-state index in [1.165, 1.54) is 11.3 Å². The second-order valence-electron chi connectivity index (χ2n) is 6.71. The Balaban J connectivity index is 1.92. The van der Waals surface area contributed by atoms with Crippen molar-refractivity contribution in [2.75, 3.05) is 21.3 Å². The second kappa shape index (κ2) is 10.2. The van der Waals surface area contributed by atoms with Gasteiger partial charge in [0.2, 0.25) is 10.6 Å². The molecule has 170 valence electrons. The van der Waals surface area contributed by atoms with E-state index in [9.17, 15) is 0 Å². The lowest BCUT2D eigenvalue weighted by atomic mass is 10.1. The number of benzene rings is 2. The maximum Gasteiger partial charge on any atom is 0.211 e. The van der Waals surface area contributed by atoms with E-state index in [0.717, 1.165) is 17.0 Å². The summed E-state index contributed by atoms with van der Waals surface area (Å²) in [5, 5.41) is 7.62. The zero-order chi connectivity index (χ0) is 23.4. The molecule has 2 aromatic heterocycles. The minimum Gasteiger partial charge on any atom is -0.493 e. The third kappa shape index (κ3) is 4.93. The Morgan fingerprint density at radius 2 is 1.76 bits per heavy atom. The molecule has 2 aromatic carbocycles. The molecule has 33 heavy (non-hydrogen) atoms. The number of hydrogen-bond donors (Lipinski definition) is 1. The highest BCUT2D eigenvalue weighted by Crippen LogP contribution is 2.41. The Labute approximate surface area is 204 Å². The minimum absolute atomic E-state index is 0.449. The first-order valence-electron chi connectivity index (χ1n) is 9.72. The van der Waals surface area contributed by atoms with Crippen molar-refractivity contribution in [2.24, 2.45) is 10.1 Å². The molecule has 0 aliphatic heterocycles. The lowest BCUT2D eigenvalue weighted by Gasteiger charge is -2.14. The number of rotatable bonds is 7. The van der Waals surface area contributed by atoms with Gasteiger partial charge in [-0.15, -0.1) is 11.3 Å². The number of thiazole rings is 1. The summed E-state index contributed by atoms with van der Waals surface area (Å²) in [5.41, 5.74) is 3.03. The van der Waals surface area contributed by atoms with E-state index in [1.807, 2.05) is 35.8 Å². The lowest BCUT2D eigenvalue weighted by molar-refractivity contribution is 0.324. The molecule has 0 saturated heterocycles. The SMILES string of the molecule is COc1cc(-c2csc(=Nc3ccc(Cl)cc3Cl)n2N=Cc2ccc[nH]2)cc(OC)c1OC. The second-order valence-corrected chi connectivity index (χ2v) is 8.39. The van der Waals surface area contributed by atoms with E-state index in [0.29, 0.717) is 37.8 Å². The highest BCUT2D eigenvalue weighted by Gasteiger charge is 2.17. The first kappa shape index (κ1) is 23.0. The van der Waals surface area contributed by atoms with Crippen LogP contribution in [-0.2, 0) is 0 Å². The number of nitrogens with zero attached hydrogens (tertiary/aromatic N) is 3. The Hall–Kier alpha value is -3.20. The van der Waals surface area contributed by atoms with Crippen molar-refractivity contribution in [1.82, 2.24) is 9.66 Å². The Bertz CT molecular complexity index is 1340. The molecule has 0 aliphatic carbocycles. The fourth-order valence-electron chi connectivity index (χ4n) is 3.14. The zero-order valence-electron chi connectivity index (χ0n) is 18.0. The van der Waals surface area contributed by atoms with Gasteiger partial charge in [0.25, 0.3) is 0 Å². The van der Waals surface area contributed by atoms with E-state index in [4.69, 9.17) is 42.4 Å². The van der Waals surface area contributed by atoms with Gasteiger partial charge in [-0.05, 0) is 42.5 Å². The summed E-state index contributed by atoms with van der Waals surface area (Å²) in [6.45, 7) is 0. The van der Waals surface area contributed by atoms with Gasteiger partial charge < -0.3 is 19.2 Å². The average Bonchev–Trinajstić information content (AvgIpc) is 3.48. The van der Waals surface area contributed by atoms with Crippen LogP contribution in [0.25, 0.3) is 11.3 Å².